The Morgan fingerprint density at radius 2 is 1.48 bits per heavy atom. The van der Waals surface area contributed by atoms with Gasteiger partial charge in [-0.3, -0.25) is 9.59 Å². The molecular weight excluding hydrogens is 390 g/mol. The van der Waals surface area contributed by atoms with Crippen molar-refractivity contribution in [1.29, 1.82) is 0 Å². The lowest BCUT2D eigenvalue weighted by Gasteiger charge is -2.07. The van der Waals surface area contributed by atoms with Gasteiger partial charge >= 0.3 is 0 Å². The molecule has 0 saturated carbocycles. The van der Waals surface area contributed by atoms with Crippen LogP contribution in [0.4, 0.5) is 0 Å². The second-order valence-electron chi connectivity index (χ2n) is 7.19. The first-order valence-electron chi connectivity index (χ1n) is 9.95. The lowest BCUT2D eigenvalue weighted by Crippen LogP contribution is -2.34. The summed E-state index contributed by atoms with van der Waals surface area (Å²) < 4.78 is 5.77. The predicted octanol–water partition coefficient (Wildman–Crippen LogP) is 3.76. The van der Waals surface area contributed by atoms with Gasteiger partial charge < -0.3 is 10.1 Å². The lowest BCUT2D eigenvalue weighted by atomic mass is 10.1. The number of amides is 2. The van der Waals surface area contributed by atoms with Gasteiger partial charge in [0.15, 0.2) is 0 Å². The minimum atomic E-state index is -0.408. The summed E-state index contributed by atoms with van der Waals surface area (Å²) >= 11 is 0. The summed E-state index contributed by atoms with van der Waals surface area (Å²) in [6.07, 6.45) is 1.53. The third kappa shape index (κ3) is 7.12. The molecule has 3 aromatic rings. The van der Waals surface area contributed by atoms with Gasteiger partial charge in [-0.25, -0.2) is 5.43 Å². The van der Waals surface area contributed by atoms with E-state index in [1.165, 1.54) is 11.8 Å². The van der Waals surface area contributed by atoms with Gasteiger partial charge in [-0.2, -0.15) is 5.10 Å². The zero-order chi connectivity index (χ0) is 22.1. The fourth-order valence-electron chi connectivity index (χ4n) is 2.69. The van der Waals surface area contributed by atoms with Crippen LogP contribution in [0.1, 0.15) is 32.6 Å². The molecule has 0 radical (unpaired) electrons. The molecule has 31 heavy (non-hydrogen) atoms. The third-order valence-electron chi connectivity index (χ3n) is 4.53. The highest BCUT2D eigenvalue weighted by Gasteiger charge is 2.07. The van der Waals surface area contributed by atoms with E-state index in [0.29, 0.717) is 12.2 Å². The van der Waals surface area contributed by atoms with Crippen molar-refractivity contribution in [3.05, 3.63) is 101 Å². The number of nitrogens with one attached hydrogen (secondary N) is 2. The summed E-state index contributed by atoms with van der Waals surface area (Å²) in [6.45, 7) is 4.34. The van der Waals surface area contributed by atoms with Crippen molar-refractivity contribution in [3.63, 3.8) is 0 Å². The summed E-state index contributed by atoms with van der Waals surface area (Å²) in [4.78, 5) is 23.9. The Bertz CT molecular complexity index is 1040. The van der Waals surface area contributed by atoms with Gasteiger partial charge in [-0.15, -0.1) is 0 Å². The van der Waals surface area contributed by atoms with Gasteiger partial charge in [-0.05, 0) is 61.4 Å². The molecule has 0 atom stereocenters. The third-order valence-corrected chi connectivity index (χ3v) is 4.53. The predicted molar refractivity (Wildman–Crippen MR) is 121 cm³/mol. The van der Waals surface area contributed by atoms with E-state index in [0.717, 1.165) is 22.4 Å². The molecule has 0 fully saturated rings. The number of hydrogen-bond acceptors (Lipinski definition) is 4. The number of hydrazone groups is 1. The highest BCUT2D eigenvalue weighted by molar-refractivity contribution is 5.96. The van der Waals surface area contributed by atoms with E-state index in [9.17, 15) is 9.59 Å². The van der Waals surface area contributed by atoms with Crippen molar-refractivity contribution in [2.75, 3.05) is 6.54 Å². The van der Waals surface area contributed by atoms with E-state index in [2.05, 4.69) is 34.9 Å². The number of ether oxygens (including phenoxy) is 1. The second kappa shape index (κ2) is 10.7. The molecule has 0 bridgehead atoms. The van der Waals surface area contributed by atoms with E-state index in [4.69, 9.17) is 4.74 Å². The molecular formula is C25H25N3O3. The maximum Gasteiger partial charge on any atom is 0.259 e. The van der Waals surface area contributed by atoms with Crippen LogP contribution in [0.3, 0.4) is 0 Å². The van der Waals surface area contributed by atoms with E-state index < -0.39 is 5.91 Å². The van der Waals surface area contributed by atoms with Gasteiger partial charge in [-0.1, -0.05) is 47.5 Å². The summed E-state index contributed by atoms with van der Waals surface area (Å²) in [6, 6.07) is 22.7. The van der Waals surface area contributed by atoms with Gasteiger partial charge in [0.05, 0.1) is 12.8 Å². The molecule has 2 N–H and O–H groups in total. The molecule has 0 unspecified atom stereocenters. The molecule has 0 spiro atoms. The first kappa shape index (κ1) is 21.8. The number of aryl methyl sites for hydroxylation is 2. The molecule has 0 saturated heterocycles. The molecule has 0 aromatic heterocycles. The Morgan fingerprint density at radius 3 is 2.13 bits per heavy atom. The van der Waals surface area contributed by atoms with E-state index in [-0.39, 0.29) is 12.5 Å². The molecule has 3 rings (SSSR count). The molecule has 0 aliphatic carbocycles. The Morgan fingerprint density at radius 1 is 0.871 bits per heavy atom. The molecule has 2 amide bonds. The minimum Gasteiger partial charge on any atom is -0.489 e. The largest absolute Gasteiger partial charge is 0.489 e. The van der Waals surface area contributed by atoms with Crippen LogP contribution < -0.4 is 15.5 Å². The summed E-state index contributed by atoms with van der Waals surface area (Å²) in [5, 5.41) is 6.48. The summed E-state index contributed by atoms with van der Waals surface area (Å²) in [5.41, 5.74) is 7.10. The standard InChI is InChI=1S/C25H25N3O3/c1-18-3-7-21(8-4-18)17-31-23-13-9-20(10-14-23)15-27-28-24(29)16-26-25(30)22-11-5-19(2)6-12-22/h3-15H,16-17H2,1-2H3,(H,26,30)(H,28,29). The Hall–Kier alpha value is -3.93. The van der Waals surface area contributed by atoms with Gasteiger partial charge in [0.25, 0.3) is 11.8 Å². The first-order chi connectivity index (χ1) is 15.0. The van der Waals surface area contributed by atoms with Crippen molar-refractivity contribution < 1.29 is 14.3 Å². The highest BCUT2D eigenvalue weighted by Crippen LogP contribution is 2.14. The monoisotopic (exact) mass is 415 g/mol. The molecule has 6 nitrogen and oxygen atoms in total. The fourth-order valence-corrected chi connectivity index (χ4v) is 2.69. The molecule has 0 aliphatic rings. The van der Waals surface area contributed by atoms with E-state index >= 15 is 0 Å². The number of carbonyl (C=O) groups excluding carboxylic acids is 2. The molecule has 158 valence electrons. The van der Waals surface area contributed by atoms with Crippen LogP contribution in [0.5, 0.6) is 5.75 Å². The normalized spacial score (nSPS) is 10.6. The zero-order valence-corrected chi connectivity index (χ0v) is 17.6. The van der Waals surface area contributed by atoms with Crippen molar-refractivity contribution in [2.45, 2.75) is 20.5 Å². The highest BCUT2D eigenvalue weighted by atomic mass is 16.5. The van der Waals surface area contributed by atoms with Crippen LogP contribution in [-0.4, -0.2) is 24.6 Å². The van der Waals surface area contributed by atoms with Crippen LogP contribution >= 0.6 is 0 Å². The zero-order valence-electron chi connectivity index (χ0n) is 17.6. The van der Waals surface area contributed by atoms with Crippen molar-refractivity contribution >= 4 is 18.0 Å². The Labute approximate surface area is 182 Å². The fraction of sp³-hybridized carbons (Fsp3) is 0.160. The van der Waals surface area contributed by atoms with Crippen LogP contribution in [0, 0.1) is 13.8 Å². The summed E-state index contributed by atoms with van der Waals surface area (Å²) in [7, 11) is 0. The maximum atomic E-state index is 12.0. The number of benzene rings is 3. The number of nitrogens with zero attached hydrogens (tertiary/aromatic N) is 1. The van der Waals surface area contributed by atoms with Crippen molar-refractivity contribution in [3.8, 4) is 5.75 Å². The molecule has 0 aliphatic heterocycles. The average Bonchev–Trinajstić information content (AvgIpc) is 2.78. The van der Waals surface area contributed by atoms with Crippen molar-refractivity contribution in [2.24, 2.45) is 5.10 Å². The lowest BCUT2D eigenvalue weighted by molar-refractivity contribution is -0.120. The van der Waals surface area contributed by atoms with Gasteiger partial charge in [0, 0.05) is 5.56 Å². The molecule has 0 heterocycles. The molecule has 6 heteroatoms. The topological polar surface area (TPSA) is 79.8 Å². The quantitative estimate of drug-likeness (QED) is 0.434. The van der Waals surface area contributed by atoms with E-state index in [1.807, 2.05) is 55.5 Å². The van der Waals surface area contributed by atoms with Gasteiger partial charge in [0.2, 0.25) is 0 Å². The van der Waals surface area contributed by atoms with Crippen molar-refractivity contribution in [1.82, 2.24) is 10.7 Å². The SMILES string of the molecule is Cc1ccc(COc2ccc(C=NNC(=O)CNC(=O)c3ccc(C)cc3)cc2)cc1. The maximum absolute atomic E-state index is 12.0. The van der Waals surface area contributed by atoms with Crippen LogP contribution in [-0.2, 0) is 11.4 Å². The smallest absolute Gasteiger partial charge is 0.259 e. The summed E-state index contributed by atoms with van der Waals surface area (Å²) in [5.74, 6) is 0.0377. The Kier molecular flexibility index (Phi) is 7.54. The van der Waals surface area contributed by atoms with E-state index in [1.54, 1.807) is 12.1 Å². The second-order valence-corrected chi connectivity index (χ2v) is 7.19. The minimum absolute atomic E-state index is 0.157. The molecule has 3 aromatic carbocycles. The van der Waals surface area contributed by atoms with Crippen LogP contribution in [0.15, 0.2) is 77.9 Å². The van der Waals surface area contributed by atoms with Gasteiger partial charge in [0.1, 0.15) is 12.4 Å². The first-order valence-corrected chi connectivity index (χ1v) is 9.95. The van der Waals surface area contributed by atoms with Crippen LogP contribution in [0.25, 0.3) is 0 Å². The number of hydrogen-bond donors (Lipinski definition) is 2. The average molecular weight is 415 g/mol. The number of rotatable bonds is 8. The number of carbonyl (C=O) groups is 2. The Balaban J connectivity index is 1.40. The van der Waals surface area contributed by atoms with Crippen LogP contribution in [0.2, 0.25) is 0 Å².